The van der Waals surface area contributed by atoms with Gasteiger partial charge in [-0.15, -0.1) is 0 Å². The third kappa shape index (κ3) is 10.1. The number of carboxylic acids is 2. The minimum absolute atomic E-state index is 0.141. The summed E-state index contributed by atoms with van der Waals surface area (Å²) in [6.07, 6.45) is 1.21. The van der Waals surface area contributed by atoms with Gasteiger partial charge in [-0.05, 0) is 24.9 Å². The quantitative estimate of drug-likeness (QED) is 0.152. The molecule has 0 saturated heterocycles. The van der Waals surface area contributed by atoms with Crippen molar-refractivity contribution in [3.8, 4) is 0 Å². The molecular formula is C15H26N4O8S. The number of thioether (sulfide) groups is 1. The number of hydrogen-bond donors (Lipinski definition) is 7. The maximum Gasteiger partial charge on any atom is 0.326 e. The molecule has 12 nitrogen and oxygen atoms in total. The lowest BCUT2D eigenvalue weighted by molar-refractivity contribution is -0.142. The molecule has 3 unspecified atom stereocenters. The van der Waals surface area contributed by atoms with Crippen molar-refractivity contribution in [2.75, 3.05) is 25.2 Å². The largest absolute Gasteiger partial charge is 0.481 e. The number of aliphatic hydroxyl groups is 1. The van der Waals surface area contributed by atoms with Crippen molar-refractivity contribution in [2.24, 2.45) is 5.73 Å². The fourth-order valence-electron chi connectivity index (χ4n) is 2.02. The highest BCUT2D eigenvalue weighted by Crippen LogP contribution is 2.03. The van der Waals surface area contributed by atoms with Crippen LogP contribution in [0.15, 0.2) is 0 Å². The van der Waals surface area contributed by atoms with E-state index in [1.165, 1.54) is 11.8 Å². The minimum Gasteiger partial charge on any atom is -0.481 e. The number of amides is 3. The number of nitrogens with two attached hydrogens (primary N) is 1. The van der Waals surface area contributed by atoms with Crippen molar-refractivity contribution in [3.05, 3.63) is 0 Å². The zero-order valence-electron chi connectivity index (χ0n) is 15.3. The second kappa shape index (κ2) is 13.7. The second-order valence-corrected chi connectivity index (χ2v) is 6.67. The third-order valence-electron chi connectivity index (χ3n) is 3.52. The molecule has 0 aromatic carbocycles. The first-order valence-electron chi connectivity index (χ1n) is 8.30. The van der Waals surface area contributed by atoms with Gasteiger partial charge in [-0.1, -0.05) is 0 Å². The number of carbonyl (C=O) groups excluding carboxylic acids is 3. The lowest BCUT2D eigenvalue weighted by Gasteiger charge is -2.23. The summed E-state index contributed by atoms with van der Waals surface area (Å²) in [7, 11) is 0. The molecule has 28 heavy (non-hydrogen) atoms. The van der Waals surface area contributed by atoms with Crippen LogP contribution in [0.5, 0.6) is 0 Å². The highest BCUT2D eigenvalue weighted by molar-refractivity contribution is 7.98. The van der Waals surface area contributed by atoms with E-state index < -0.39 is 67.4 Å². The second-order valence-electron chi connectivity index (χ2n) is 5.68. The fourth-order valence-corrected chi connectivity index (χ4v) is 2.49. The summed E-state index contributed by atoms with van der Waals surface area (Å²) in [6, 6.07) is -3.97. The first-order valence-corrected chi connectivity index (χ1v) is 9.70. The van der Waals surface area contributed by atoms with Crippen molar-refractivity contribution < 1.29 is 39.3 Å². The molecule has 0 heterocycles. The van der Waals surface area contributed by atoms with Gasteiger partial charge in [0.1, 0.15) is 18.1 Å². The van der Waals surface area contributed by atoms with Crippen LogP contribution in [0.25, 0.3) is 0 Å². The van der Waals surface area contributed by atoms with E-state index >= 15 is 0 Å². The SMILES string of the molecule is CSCCC(NC(=O)C(CO)NC(=O)C(CCC(=O)O)NC(=O)CN)C(=O)O. The van der Waals surface area contributed by atoms with Crippen LogP contribution >= 0.6 is 11.8 Å². The van der Waals surface area contributed by atoms with Gasteiger partial charge in [0, 0.05) is 6.42 Å². The number of nitrogens with one attached hydrogen (secondary N) is 3. The number of carboxylic acid groups (broad SMARTS) is 2. The van der Waals surface area contributed by atoms with E-state index in [1.54, 1.807) is 6.26 Å². The fraction of sp³-hybridized carbons (Fsp3) is 0.667. The molecular weight excluding hydrogens is 396 g/mol. The monoisotopic (exact) mass is 422 g/mol. The van der Waals surface area contributed by atoms with Crippen molar-refractivity contribution >= 4 is 41.4 Å². The molecule has 3 atom stereocenters. The standard InChI is InChI=1S/C15H26N4O8S/c1-28-5-4-9(15(26)27)18-14(25)10(7-20)19-13(24)8(2-3-12(22)23)17-11(21)6-16/h8-10,20H,2-7,16H2,1H3,(H,17,21)(H,18,25)(H,19,24)(H,22,23)(H,26,27). The molecule has 0 aromatic heterocycles. The molecule has 8 N–H and O–H groups in total. The number of rotatable bonds is 14. The van der Waals surface area contributed by atoms with Crippen LogP contribution in [-0.4, -0.2) is 88.3 Å². The Balaban J connectivity index is 5.05. The van der Waals surface area contributed by atoms with Gasteiger partial charge in [-0.25, -0.2) is 4.79 Å². The summed E-state index contributed by atoms with van der Waals surface area (Å²) in [5.74, 6) is -4.54. The summed E-state index contributed by atoms with van der Waals surface area (Å²) in [4.78, 5) is 57.8. The Hall–Kier alpha value is -2.38. The van der Waals surface area contributed by atoms with E-state index in [4.69, 9.17) is 15.9 Å². The van der Waals surface area contributed by atoms with E-state index in [1.807, 2.05) is 0 Å². The van der Waals surface area contributed by atoms with Gasteiger partial charge in [-0.2, -0.15) is 11.8 Å². The van der Waals surface area contributed by atoms with E-state index in [0.29, 0.717) is 5.75 Å². The van der Waals surface area contributed by atoms with Gasteiger partial charge < -0.3 is 37.0 Å². The van der Waals surface area contributed by atoms with Crippen molar-refractivity contribution in [1.82, 2.24) is 16.0 Å². The van der Waals surface area contributed by atoms with E-state index in [-0.39, 0.29) is 12.8 Å². The summed E-state index contributed by atoms with van der Waals surface area (Å²) in [5.41, 5.74) is 5.15. The van der Waals surface area contributed by atoms with Crippen LogP contribution in [0.4, 0.5) is 0 Å². The smallest absolute Gasteiger partial charge is 0.326 e. The molecule has 0 fully saturated rings. The molecule has 0 aliphatic rings. The van der Waals surface area contributed by atoms with Gasteiger partial charge in [0.2, 0.25) is 17.7 Å². The average molecular weight is 422 g/mol. The van der Waals surface area contributed by atoms with Crippen LogP contribution in [0.3, 0.4) is 0 Å². The Labute approximate surface area is 165 Å². The lowest BCUT2D eigenvalue weighted by Crippen LogP contribution is -2.57. The van der Waals surface area contributed by atoms with E-state index in [0.717, 1.165) is 0 Å². The van der Waals surface area contributed by atoms with Gasteiger partial charge in [0.15, 0.2) is 0 Å². The van der Waals surface area contributed by atoms with E-state index in [9.17, 15) is 29.1 Å². The Bertz CT molecular complexity index is 574. The number of hydrogen-bond acceptors (Lipinski definition) is 8. The molecule has 0 aromatic rings. The Kier molecular flexibility index (Phi) is 12.6. The van der Waals surface area contributed by atoms with Gasteiger partial charge in [-0.3, -0.25) is 19.2 Å². The summed E-state index contributed by atoms with van der Waals surface area (Å²) < 4.78 is 0. The van der Waals surface area contributed by atoms with E-state index in [2.05, 4.69) is 16.0 Å². The number of aliphatic carboxylic acids is 2. The molecule has 13 heteroatoms. The zero-order valence-corrected chi connectivity index (χ0v) is 16.2. The normalized spacial score (nSPS) is 13.7. The Morgan fingerprint density at radius 3 is 1.96 bits per heavy atom. The van der Waals surface area contributed by atoms with Gasteiger partial charge in [0.25, 0.3) is 0 Å². The number of aliphatic hydroxyl groups excluding tert-OH is 1. The number of carbonyl (C=O) groups is 5. The lowest BCUT2D eigenvalue weighted by atomic mass is 10.1. The maximum atomic E-state index is 12.3. The van der Waals surface area contributed by atoms with Crippen LogP contribution in [-0.2, 0) is 24.0 Å². The highest BCUT2D eigenvalue weighted by atomic mass is 32.2. The molecule has 0 bridgehead atoms. The first-order chi connectivity index (χ1) is 13.2. The molecule has 0 radical (unpaired) electrons. The predicted molar refractivity (Wildman–Crippen MR) is 99.4 cm³/mol. The summed E-state index contributed by atoms with van der Waals surface area (Å²) in [5, 5.41) is 33.9. The summed E-state index contributed by atoms with van der Waals surface area (Å²) in [6.45, 7) is -1.26. The van der Waals surface area contributed by atoms with Crippen molar-refractivity contribution in [3.63, 3.8) is 0 Å². The third-order valence-corrected chi connectivity index (χ3v) is 4.17. The predicted octanol–water partition coefficient (Wildman–Crippen LogP) is -2.91. The van der Waals surface area contributed by atoms with Crippen molar-refractivity contribution in [2.45, 2.75) is 37.4 Å². The van der Waals surface area contributed by atoms with Crippen LogP contribution in [0, 0.1) is 0 Å². The first kappa shape index (κ1) is 25.6. The van der Waals surface area contributed by atoms with Gasteiger partial charge in [0.05, 0.1) is 13.2 Å². The molecule has 160 valence electrons. The van der Waals surface area contributed by atoms with Crippen LogP contribution < -0.4 is 21.7 Å². The highest BCUT2D eigenvalue weighted by Gasteiger charge is 2.29. The molecule has 0 spiro atoms. The molecule has 0 aliphatic heterocycles. The van der Waals surface area contributed by atoms with Gasteiger partial charge >= 0.3 is 11.9 Å². The average Bonchev–Trinajstić information content (AvgIpc) is 2.65. The summed E-state index contributed by atoms with van der Waals surface area (Å²) >= 11 is 1.39. The topological polar surface area (TPSA) is 208 Å². The molecule has 3 amide bonds. The Morgan fingerprint density at radius 1 is 0.929 bits per heavy atom. The Morgan fingerprint density at radius 2 is 1.50 bits per heavy atom. The van der Waals surface area contributed by atoms with Crippen LogP contribution in [0.1, 0.15) is 19.3 Å². The molecule has 0 saturated carbocycles. The molecule has 0 rings (SSSR count). The van der Waals surface area contributed by atoms with Crippen molar-refractivity contribution in [1.29, 1.82) is 0 Å². The minimum atomic E-state index is -1.48. The maximum absolute atomic E-state index is 12.3. The van der Waals surface area contributed by atoms with Crippen LogP contribution in [0.2, 0.25) is 0 Å². The molecule has 0 aliphatic carbocycles. The zero-order chi connectivity index (χ0) is 21.7.